The van der Waals surface area contributed by atoms with Crippen LogP contribution in [0.3, 0.4) is 0 Å². The number of halogens is 1. The lowest BCUT2D eigenvalue weighted by Gasteiger charge is -2.27. The van der Waals surface area contributed by atoms with Gasteiger partial charge in [0.25, 0.3) is 5.91 Å². The van der Waals surface area contributed by atoms with Crippen LogP contribution in [-0.2, 0) is 0 Å². The molecule has 1 aromatic carbocycles. The number of aromatic nitrogens is 1. The third-order valence-electron chi connectivity index (χ3n) is 4.42. The molecule has 1 aromatic heterocycles. The topological polar surface area (TPSA) is 62.2 Å². The Labute approximate surface area is 157 Å². The molecule has 1 atom stereocenters. The van der Waals surface area contributed by atoms with E-state index in [9.17, 15) is 9.90 Å². The predicted octanol–water partition coefficient (Wildman–Crippen LogP) is 4.51. The average Bonchev–Trinajstić information content (AvgIpc) is 2.65. The number of hydrogen-bond acceptors (Lipinski definition) is 4. The number of carbonyl (C=O) groups is 1. The Kier molecular flexibility index (Phi) is 6.34. The second-order valence-corrected chi connectivity index (χ2v) is 7.73. The zero-order valence-corrected chi connectivity index (χ0v) is 15.4. The van der Waals surface area contributed by atoms with Gasteiger partial charge < -0.3 is 10.4 Å². The third-order valence-corrected chi connectivity index (χ3v) is 5.69. The van der Waals surface area contributed by atoms with Gasteiger partial charge in [0, 0.05) is 17.0 Å². The normalized spacial score (nSPS) is 16.4. The van der Waals surface area contributed by atoms with Crippen LogP contribution in [0.15, 0.2) is 52.5 Å². The zero-order chi connectivity index (χ0) is 17.6. The van der Waals surface area contributed by atoms with Crippen LogP contribution < -0.4 is 5.32 Å². The molecule has 1 aliphatic rings. The first-order chi connectivity index (χ1) is 12.1. The van der Waals surface area contributed by atoms with E-state index in [2.05, 4.69) is 10.3 Å². The third kappa shape index (κ3) is 4.97. The lowest BCUT2D eigenvalue weighted by molar-refractivity contribution is 0.0463. The number of nitrogens with one attached hydrogen (secondary N) is 1. The van der Waals surface area contributed by atoms with Crippen molar-refractivity contribution >= 4 is 29.3 Å². The maximum Gasteiger partial charge on any atom is 0.254 e. The van der Waals surface area contributed by atoms with E-state index >= 15 is 0 Å². The number of pyridine rings is 1. The lowest BCUT2D eigenvalue weighted by atomic mass is 9.88. The van der Waals surface area contributed by atoms with Crippen LogP contribution in [0.1, 0.15) is 42.5 Å². The molecule has 25 heavy (non-hydrogen) atoms. The summed E-state index contributed by atoms with van der Waals surface area (Å²) in [4.78, 5) is 17.7. The number of aliphatic hydroxyl groups is 1. The monoisotopic (exact) mass is 376 g/mol. The quantitative estimate of drug-likeness (QED) is 0.753. The summed E-state index contributed by atoms with van der Waals surface area (Å²) >= 11 is 7.66. The first kappa shape index (κ1) is 18.2. The van der Waals surface area contributed by atoms with Gasteiger partial charge in [-0.2, -0.15) is 0 Å². The number of aliphatic hydroxyl groups excluding tert-OH is 1. The highest BCUT2D eigenvalue weighted by Crippen LogP contribution is 2.30. The van der Waals surface area contributed by atoms with Crippen LogP contribution in [0, 0.1) is 5.92 Å². The molecule has 0 aliphatic heterocycles. The Morgan fingerprint density at radius 3 is 2.76 bits per heavy atom. The molecule has 132 valence electrons. The van der Waals surface area contributed by atoms with Gasteiger partial charge in [0.15, 0.2) is 0 Å². The Morgan fingerprint density at radius 2 is 2.04 bits per heavy atom. The second kappa shape index (κ2) is 8.70. The lowest BCUT2D eigenvalue weighted by Crippen LogP contribution is -2.41. The van der Waals surface area contributed by atoms with Crippen molar-refractivity contribution in [3.63, 3.8) is 0 Å². The largest absolute Gasteiger partial charge is 0.373 e. The van der Waals surface area contributed by atoms with Crippen molar-refractivity contribution < 1.29 is 9.90 Å². The maximum absolute atomic E-state index is 12.5. The number of rotatable bonds is 5. The molecular formula is C19H21ClN2O2S. The van der Waals surface area contributed by atoms with Crippen LogP contribution in [0.2, 0.25) is 5.02 Å². The number of amides is 1. The van der Waals surface area contributed by atoms with Gasteiger partial charge in [-0.05, 0) is 43.2 Å². The molecule has 1 amide bonds. The van der Waals surface area contributed by atoms with Crippen LogP contribution in [0.5, 0.6) is 0 Å². The van der Waals surface area contributed by atoms with Crippen molar-refractivity contribution in [2.75, 3.05) is 0 Å². The van der Waals surface area contributed by atoms with E-state index in [0.717, 1.165) is 35.6 Å². The Balaban J connectivity index is 1.69. The zero-order valence-electron chi connectivity index (χ0n) is 13.8. The van der Waals surface area contributed by atoms with Crippen LogP contribution >= 0.6 is 23.4 Å². The van der Waals surface area contributed by atoms with Gasteiger partial charge in [0.1, 0.15) is 11.3 Å². The van der Waals surface area contributed by atoms with E-state index in [4.69, 9.17) is 11.6 Å². The van der Waals surface area contributed by atoms with Gasteiger partial charge in [-0.1, -0.05) is 48.7 Å². The van der Waals surface area contributed by atoms with Crippen molar-refractivity contribution in [3.8, 4) is 0 Å². The van der Waals surface area contributed by atoms with Gasteiger partial charge >= 0.3 is 0 Å². The maximum atomic E-state index is 12.5. The molecule has 2 N–H and O–H groups in total. The van der Waals surface area contributed by atoms with Crippen LogP contribution in [-0.4, -0.2) is 22.2 Å². The molecule has 0 radical (unpaired) electrons. The van der Waals surface area contributed by atoms with Gasteiger partial charge in [0.05, 0.1) is 10.6 Å². The highest BCUT2D eigenvalue weighted by molar-refractivity contribution is 7.99. The minimum Gasteiger partial charge on any atom is -0.373 e. The molecule has 0 spiro atoms. The minimum absolute atomic E-state index is 0.127. The van der Waals surface area contributed by atoms with Gasteiger partial charge in [-0.15, -0.1) is 0 Å². The van der Waals surface area contributed by atoms with E-state index in [-0.39, 0.29) is 11.8 Å². The highest BCUT2D eigenvalue weighted by atomic mass is 35.5. The highest BCUT2D eigenvalue weighted by Gasteiger charge is 2.24. The fourth-order valence-corrected chi connectivity index (χ4v) is 4.07. The molecule has 0 saturated heterocycles. The van der Waals surface area contributed by atoms with E-state index in [0.29, 0.717) is 10.6 Å². The smallest absolute Gasteiger partial charge is 0.254 e. The summed E-state index contributed by atoms with van der Waals surface area (Å²) in [7, 11) is 0. The molecule has 1 unspecified atom stereocenters. The molecule has 2 aromatic rings. The van der Waals surface area contributed by atoms with Gasteiger partial charge in [-0.3, -0.25) is 4.79 Å². The molecule has 0 bridgehead atoms. The van der Waals surface area contributed by atoms with Crippen molar-refractivity contribution in [1.82, 2.24) is 10.3 Å². The number of nitrogens with zero attached hydrogens (tertiary/aromatic N) is 1. The van der Waals surface area contributed by atoms with Gasteiger partial charge in [-0.25, -0.2) is 4.98 Å². The minimum atomic E-state index is -0.823. The summed E-state index contributed by atoms with van der Waals surface area (Å²) in [5, 5.41) is 14.2. The standard InChI is InChI=1S/C19H21ClN2O2S/c20-16-10-9-14(25-17-8-4-5-11-21-17)12-15(16)19(24)22-18(23)13-6-2-1-3-7-13/h4-5,8-13,18,23H,1-3,6-7H2,(H,22,24). The fraction of sp³-hybridized carbons (Fsp3) is 0.368. The molecule has 6 heteroatoms. The van der Waals surface area contributed by atoms with E-state index in [1.165, 1.54) is 18.2 Å². The number of benzene rings is 1. The van der Waals surface area contributed by atoms with Crippen molar-refractivity contribution in [2.45, 2.75) is 48.3 Å². The molecule has 1 fully saturated rings. The molecule has 4 nitrogen and oxygen atoms in total. The van der Waals surface area contributed by atoms with Crippen molar-refractivity contribution in [2.24, 2.45) is 5.92 Å². The Morgan fingerprint density at radius 1 is 1.24 bits per heavy atom. The van der Waals surface area contributed by atoms with Crippen LogP contribution in [0.25, 0.3) is 0 Å². The van der Waals surface area contributed by atoms with Crippen LogP contribution in [0.4, 0.5) is 0 Å². The number of hydrogen-bond donors (Lipinski definition) is 2. The van der Waals surface area contributed by atoms with E-state index < -0.39 is 6.23 Å². The van der Waals surface area contributed by atoms with E-state index in [1.54, 1.807) is 18.3 Å². The SMILES string of the molecule is O=C(NC(O)C1CCCCC1)c1cc(Sc2ccccn2)ccc1Cl. The first-order valence-electron chi connectivity index (χ1n) is 8.51. The van der Waals surface area contributed by atoms with Gasteiger partial charge in [0.2, 0.25) is 0 Å². The summed E-state index contributed by atoms with van der Waals surface area (Å²) in [5.74, 6) is -0.214. The molecule has 3 rings (SSSR count). The fourth-order valence-electron chi connectivity index (χ4n) is 3.05. The Bertz CT molecular complexity index is 721. The molecule has 1 aliphatic carbocycles. The Hall–Kier alpha value is -1.56. The first-order valence-corrected chi connectivity index (χ1v) is 9.70. The summed E-state index contributed by atoms with van der Waals surface area (Å²) < 4.78 is 0. The summed E-state index contributed by atoms with van der Waals surface area (Å²) in [6.45, 7) is 0. The average molecular weight is 377 g/mol. The molecule has 1 heterocycles. The summed E-state index contributed by atoms with van der Waals surface area (Å²) in [5.41, 5.74) is 0.373. The van der Waals surface area contributed by atoms with E-state index in [1.807, 2.05) is 24.3 Å². The summed E-state index contributed by atoms with van der Waals surface area (Å²) in [6, 6.07) is 11.0. The summed E-state index contributed by atoms with van der Waals surface area (Å²) in [6.07, 6.45) is 6.22. The molecular weight excluding hydrogens is 356 g/mol. The number of carbonyl (C=O) groups excluding carboxylic acids is 1. The van der Waals surface area contributed by atoms with Crippen molar-refractivity contribution in [1.29, 1.82) is 0 Å². The predicted molar refractivity (Wildman–Crippen MR) is 99.9 cm³/mol. The second-order valence-electron chi connectivity index (χ2n) is 6.23. The molecule has 1 saturated carbocycles. The van der Waals surface area contributed by atoms with Crippen molar-refractivity contribution in [3.05, 3.63) is 53.2 Å².